The molecule has 3 heterocycles. The summed E-state index contributed by atoms with van der Waals surface area (Å²) in [6, 6.07) is 1.32. The van der Waals surface area contributed by atoms with Crippen LogP contribution >= 0.6 is 0 Å². The maximum atomic E-state index is 14.3. The van der Waals surface area contributed by atoms with Crippen molar-refractivity contribution in [2.75, 3.05) is 0 Å². The number of rotatable bonds is 3. The third-order valence-electron chi connectivity index (χ3n) is 4.31. The summed E-state index contributed by atoms with van der Waals surface area (Å²) in [6.45, 7) is 7.01. The van der Waals surface area contributed by atoms with Gasteiger partial charge in [-0.1, -0.05) is 0 Å². The molecule has 0 amide bonds. The molecular formula is C18H19F2N5O. The van der Waals surface area contributed by atoms with Gasteiger partial charge in [0.25, 0.3) is 5.88 Å². The smallest absolute Gasteiger partial charge is 0.250 e. The molecule has 0 aromatic carbocycles. The molecule has 0 spiro atoms. The maximum Gasteiger partial charge on any atom is 0.250 e. The van der Waals surface area contributed by atoms with Gasteiger partial charge in [-0.05, 0) is 40.2 Å². The van der Waals surface area contributed by atoms with Crippen LogP contribution in [0.25, 0.3) is 16.9 Å². The van der Waals surface area contributed by atoms with Crippen LogP contribution in [0.5, 0.6) is 5.88 Å². The number of hydrogen-bond donors (Lipinski definition) is 0. The molecule has 136 valence electrons. The Kier molecular flexibility index (Phi) is 3.51. The molecule has 1 saturated carbocycles. The topological polar surface area (TPSA) is 65.2 Å². The first kappa shape index (κ1) is 16.8. The average molecular weight is 359 g/mol. The van der Waals surface area contributed by atoms with E-state index in [1.165, 1.54) is 18.5 Å². The van der Waals surface area contributed by atoms with Crippen LogP contribution in [0.4, 0.5) is 8.78 Å². The number of ether oxygens (including phenoxy) is 1. The van der Waals surface area contributed by atoms with E-state index in [9.17, 15) is 8.78 Å². The normalized spacial score (nSPS) is 22.6. The van der Waals surface area contributed by atoms with Gasteiger partial charge in [-0.25, -0.2) is 13.8 Å². The molecule has 6 nitrogen and oxygen atoms in total. The molecule has 1 fully saturated rings. The lowest BCUT2D eigenvalue weighted by Gasteiger charge is -2.20. The predicted molar refractivity (Wildman–Crippen MR) is 91.2 cm³/mol. The van der Waals surface area contributed by atoms with E-state index < -0.39 is 17.1 Å². The molecule has 0 N–H and O–H groups in total. The van der Waals surface area contributed by atoms with Crippen molar-refractivity contribution in [1.82, 2.24) is 24.6 Å². The van der Waals surface area contributed by atoms with Crippen LogP contribution in [0, 0.1) is 5.82 Å². The highest BCUT2D eigenvalue weighted by atomic mass is 19.1. The summed E-state index contributed by atoms with van der Waals surface area (Å²) < 4.78 is 35.6. The average Bonchev–Trinajstić information content (AvgIpc) is 3.00. The van der Waals surface area contributed by atoms with E-state index >= 15 is 0 Å². The van der Waals surface area contributed by atoms with Gasteiger partial charge in [0.2, 0.25) is 0 Å². The number of alkyl halides is 1. The Hall–Kier alpha value is -2.64. The van der Waals surface area contributed by atoms with Crippen LogP contribution in [0.1, 0.15) is 45.9 Å². The lowest BCUT2D eigenvalue weighted by molar-refractivity contribution is 0.117. The molecule has 3 aromatic rings. The van der Waals surface area contributed by atoms with Crippen molar-refractivity contribution >= 4 is 5.65 Å². The first-order valence-electron chi connectivity index (χ1n) is 8.38. The highest BCUT2D eigenvalue weighted by molar-refractivity contribution is 5.59. The molecule has 1 unspecified atom stereocenters. The largest absolute Gasteiger partial charge is 0.470 e. The monoisotopic (exact) mass is 359 g/mol. The maximum absolute atomic E-state index is 14.3. The number of hydrogen-bond acceptors (Lipinski definition) is 5. The fourth-order valence-corrected chi connectivity index (χ4v) is 2.84. The Bertz CT molecular complexity index is 993. The number of fused-ring (bicyclic) bond motifs is 1. The first-order valence-corrected chi connectivity index (χ1v) is 8.38. The summed E-state index contributed by atoms with van der Waals surface area (Å²) in [7, 11) is 0. The van der Waals surface area contributed by atoms with Crippen molar-refractivity contribution in [3.05, 3.63) is 36.3 Å². The van der Waals surface area contributed by atoms with E-state index in [4.69, 9.17) is 4.74 Å². The molecule has 0 aliphatic heterocycles. The minimum absolute atomic E-state index is 0.0570. The zero-order valence-electron chi connectivity index (χ0n) is 15.0. The first-order chi connectivity index (χ1) is 12.1. The zero-order valence-corrected chi connectivity index (χ0v) is 15.0. The zero-order chi connectivity index (χ0) is 18.7. The Balaban J connectivity index is 1.71. The third-order valence-corrected chi connectivity index (χ3v) is 4.31. The van der Waals surface area contributed by atoms with Gasteiger partial charge in [0.15, 0.2) is 11.5 Å². The number of aromatic nitrogens is 5. The Morgan fingerprint density at radius 3 is 2.58 bits per heavy atom. The minimum atomic E-state index is -1.26. The predicted octanol–water partition coefficient (Wildman–Crippen LogP) is 3.72. The number of pyridine rings is 1. The van der Waals surface area contributed by atoms with E-state index in [-0.39, 0.29) is 11.8 Å². The SMILES string of the molecule is CC(C)(C)Oc1ncc(-c2cn3c([C@H]4CC4(C)F)nnc3cn2)cc1F. The molecule has 3 aromatic heterocycles. The molecule has 0 radical (unpaired) electrons. The summed E-state index contributed by atoms with van der Waals surface area (Å²) in [5.41, 5.74) is -0.302. The van der Waals surface area contributed by atoms with Gasteiger partial charge in [-0.3, -0.25) is 9.38 Å². The molecule has 8 heteroatoms. The van der Waals surface area contributed by atoms with Gasteiger partial charge >= 0.3 is 0 Å². The van der Waals surface area contributed by atoms with Crippen LogP contribution in [0.3, 0.4) is 0 Å². The fraction of sp³-hybridized carbons (Fsp3) is 0.444. The molecular weight excluding hydrogens is 340 g/mol. The summed E-state index contributed by atoms with van der Waals surface area (Å²) in [4.78, 5) is 8.35. The van der Waals surface area contributed by atoms with Gasteiger partial charge in [0, 0.05) is 18.0 Å². The summed E-state index contributed by atoms with van der Waals surface area (Å²) >= 11 is 0. The van der Waals surface area contributed by atoms with Crippen LogP contribution in [-0.4, -0.2) is 35.8 Å². The minimum Gasteiger partial charge on any atom is -0.470 e. The van der Waals surface area contributed by atoms with E-state index in [0.29, 0.717) is 29.1 Å². The van der Waals surface area contributed by atoms with Gasteiger partial charge in [-0.2, -0.15) is 0 Å². The molecule has 1 aliphatic rings. The van der Waals surface area contributed by atoms with Crippen LogP contribution < -0.4 is 4.74 Å². The standard InChI is InChI=1S/C18H19F2N5O/c1-17(2,3)26-16-12(19)5-10(7-22-16)13-9-25-14(8-21-13)23-24-15(25)11-6-18(11,4)20/h5,7-9,11H,6H2,1-4H3/t11-,18?/m1/s1. The highest BCUT2D eigenvalue weighted by Crippen LogP contribution is 2.53. The van der Waals surface area contributed by atoms with E-state index in [2.05, 4.69) is 20.2 Å². The number of nitrogens with zero attached hydrogens (tertiary/aromatic N) is 5. The summed E-state index contributed by atoms with van der Waals surface area (Å²) in [5.74, 6) is -0.361. The van der Waals surface area contributed by atoms with Crippen molar-refractivity contribution in [3.8, 4) is 17.1 Å². The van der Waals surface area contributed by atoms with Crippen molar-refractivity contribution in [1.29, 1.82) is 0 Å². The Labute approximate surface area is 149 Å². The van der Waals surface area contributed by atoms with Gasteiger partial charge in [0.05, 0.1) is 17.8 Å². The molecule has 1 aliphatic carbocycles. The summed E-state index contributed by atoms with van der Waals surface area (Å²) in [6.07, 6.45) is 5.13. The Morgan fingerprint density at radius 2 is 1.96 bits per heavy atom. The fourth-order valence-electron chi connectivity index (χ4n) is 2.84. The van der Waals surface area contributed by atoms with Crippen molar-refractivity contribution in [2.24, 2.45) is 0 Å². The van der Waals surface area contributed by atoms with Crippen LogP contribution in [0.15, 0.2) is 24.7 Å². The quantitative estimate of drug-likeness (QED) is 0.713. The Morgan fingerprint density at radius 1 is 1.23 bits per heavy atom. The second-order valence-electron chi connectivity index (χ2n) is 7.82. The van der Waals surface area contributed by atoms with Crippen LogP contribution in [-0.2, 0) is 0 Å². The molecule has 26 heavy (non-hydrogen) atoms. The second-order valence-corrected chi connectivity index (χ2v) is 7.82. The van der Waals surface area contributed by atoms with Crippen molar-refractivity contribution in [2.45, 2.75) is 51.3 Å². The lowest BCUT2D eigenvalue weighted by Crippen LogP contribution is -2.24. The molecule has 4 rings (SSSR count). The molecule has 0 bridgehead atoms. The van der Waals surface area contributed by atoms with Crippen molar-refractivity contribution in [3.63, 3.8) is 0 Å². The van der Waals surface area contributed by atoms with E-state index in [0.717, 1.165) is 0 Å². The molecule has 2 atom stereocenters. The summed E-state index contributed by atoms with van der Waals surface area (Å²) in [5, 5.41) is 8.11. The van der Waals surface area contributed by atoms with Gasteiger partial charge in [0.1, 0.15) is 17.1 Å². The third kappa shape index (κ3) is 3.00. The van der Waals surface area contributed by atoms with E-state index in [1.54, 1.807) is 17.5 Å². The van der Waals surface area contributed by atoms with Gasteiger partial charge < -0.3 is 4.74 Å². The van der Waals surface area contributed by atoms with Crippen LogP contribution in [0.2, 0.25) is 0 Å². The second kappa shape index (κ2) is 5.43. The van der Waals surface area contributed by atoms with Crippen molar-refractivity contribution < 1.29 is 13.5 Å². The lowest BCUT2D eigenvalue weighted by atomic mass is 10.2. The number of halogens is 2. The molecule has 0 saturated heterocycles. The van der Waals surface area contributed by atoms with E-state index in [1.807, 2.05) is 20.8 Å². The van der Waals surface area contributed by atoms with Gasteiger partial charge in [-0.15, -0.1) is 10.2 Å². The highest BCUT2D eigenvalue weighted by Gasteiger charge is 2.54.